The van der Waals surface area contributed by atoms with Gasteiger partial charge in [-0.05, 0) is 56.9 Å². The summed E-state index contributed by atoms with van der Waals surface area (Å²) in [7, 11) is 4.05. The Balaban J connectivity index is 1.57. The molecule has 0 N–H and O–H groups in total. The number of oxazole rings is 1. The van der Waals surface area contributed by atoms with Gasteiger partial charge in [0.25, 0.3) is 5.56 Å². The van der Waals surface area contributed by atoms with Crippen LogP contribution < -0.4 is 10.5 Å². The van der Waals surface area contributed by atoms with Gasteiger partial charge in [-0.25, -0.2) is 18.4 Å². The summed E-state index contributed by atoms with van der Waals surface area (Å²) in [4.78, 5) is 21.1. The predicted octanol–water partition coefficient (Wildman–Crippen LogP) is 4.28. The van der Waals surface area contributed by atoms with Crippen LogP contribution in [0.15, 0.2) is 70.0 Å². The summed E-state index contributed by atoms with van der Waals surface area (Å²) in [5, 5.41) is 4.32. The van der Waals surface area contributed by atoms with Gasteiger partial charge in [0.15, 0.2) is 0 Å². The third-order valence-corrected chi connectivity index (χ3v) is 5.54. The lowest BCUT2D eigenvalue weighted by atomic mass is 10.1. The van der Waals surface area contributed by atoms with Gasteiger partial charge in [-0.15, -0.1) is 0 Å². The third kappa shape index (κ3) is 5.99. The van der Waals surface area contributed by atoms with Crippen LogP contribution in [0.3, 0.4) is 0 Å². The molecule has 0 aliphatic heterocycles. The molecule has 0 amide bonds. The van der Waals surface area contributed by atoms with E-state index < -0.39 is 11.6 Å². The van der Waals surface area contributed by atoms with Crippen molar-refractivity contribution in [3.05, 3.63) is 88.3 Å². The van der Waals surface area contributed by atoms with E-state index in [0.717, 1.165) is 36.8 Å². The fourth-order valence-corrected chi connectivity index (χ4v) is 3.68. The zero-order chi connectivity index (χ0) is 24.9. The van der Waals surface area contributed by atoms with Gasteiger partial charge >= 0.3 is 0 Å². The molecule has 0 fully saturated rings. The normalized spacial score (nSPS) is 11.3. The monoisotopic (exact) mass is 479 g/mol. The number of anilines is 1. The Morgan fingerprint density at radius 1 is 0.971 bits per heavy atom. The van der Waals surface area contributed by atoms with Gasteiger partial charge < -0.3 is 14.2 Å². The van der Waals surface area contributed by atoms with Crippen LogP contribution in [0.4, 0.5) is 14.7 Å². The number of rotatable bonds is 9. The molecule has 2 heterocycles. The van der Waals surface area contributed by atoms with Gasteiger partial charge in [0.05, 0.1) is 18.4 Å². The van der Waals surface area contributed by atoms with Gasteiger partial charge in [0.1, 0.15) is 11.6 Å². The molecule has 0 radical (unpaired) electrons. The first-order valence-electron chi connectivity index (χ1n) is 11.3. The van der Waals surface area contributed by atoms with Crippen molar-refractivity contribution in [2.45, 2.75) is 13.5 Å². The first-order chi connectivity index (χ1) is 16.8. The molecule has 0 unspecified atom stereocenters. The Morgan fingerprint density at radius 2 is 1.74 bits per heavy atom. The minimum Gasteiger partial charge on any atom is -0.421 e. The summed E-state index contributed by atoms with van der Waals surface area (Å²) in [6.07, 6.45) is 1.72. The number of hydrogen-bond donors (Lipinski definition) is 0. The van der Waals surface area contributed by atoms with E-state index >= 15 is 0 Å². The summed E-state index contributed by atoms with van der Waals surface area (Å²) in [5.41, 5.74) is 1.81. The zero-order valence-corrected chi connectivity index (χ0v) is 19.9. The lowest BCUT2D eigenvalue weighted by molar-refractivity contribution is 0.408. The molecule has 0 saturated heterocycles. The van der Waals surface area contributed by atoms with Crippen LogP contribution in [0.5, 0.6) is 0 Å². The van der Waals surface area contributed by atoms with E-state index in [0.29, 0.717) is 17.5 Å². The Hall–Kier alpha value is -3.85. The maximum absolute atomic E-state index is 13.6. The summed E-state index contributed by atoms with van der Waals surface area (Å²) in [6, 6.07) is 13.4. The molecule has 0 aliphatic rings. The van der Waals surface area contributed by atoms with Crippen LogP contribution in [-0.2, 0) is 6.54 Å². The number of halogens is 2. The predicted molar refractivity (Wildman–Crippen MR) is 131 cm³/mol. The van der Waals surface area contributed by atoms with Crippen molar-refractivity contribution in [3.8, 4) is 22.7 Å². The maximum Gasteiger partial charge on any atom is 0.267 e. The van der Waals surface area contributed by atoms with E-state index in [2.05, 4.69) is 26.8 Å². The van der Waals surface area contributed by atoms with Gasteiger partial charge in [-0.3, -0.25) is 4.79 Å². The topological polar surface area (TPSA) is 67.4 Å². The molecule has 2 aromatic carbocycles. The van der Waals surface area contributed by atoms with E-state index in [1.807, 2.05) is 38.4 Å². The molecule has 2 aromatic heterocycles. The van der Waals surface area contributed by atoms with Crippen LogP contribution in [0.25, 0.3) is 22.7 Å². The largest absolute Gasteiger partial charge is 0.421 e. The van der Waals surface area contributed by atoms with Crippen molar-refractivity contribution in [2.24, 2.45) is 0 Å². The number of benzene rings is 2. The summed E-state index contributed by atoms with van der Waals surface area (Å²) < 4.78 is 34.6. The van der Waals surface area contributed by atoms with Crippen LogP contribution in [0.2, 0.25) is 0 Å². The second-order valence-electron chi connectivity index (χ2n) is 8.46. The molecule has 0 atom stereocenters. The first-order valence-corrected chi connectivity index (χ1v) is 11.3. The minimum absolute atomic E-state index is 0.176. The maximum atomic E-state index is 13.6. The average molecular weight is 480 g/mol. The fraction of sp³-hybridized carbons (Fsp3) is 0.269. The Bertz CT molecular complexity index is 1350. The molecule has 0 spiro atoms. The molecule has 0 saturated carbocycles. The highest BCUT2D eigenvalue weighted by atomic mass is 19.1. The van der Waals surface area contributed by atoms with Crippen molar-refractivity contribution in [1.82, 2.24) is 19.7 Å². The minimum atomic E-state index is -0.707. The number of hydrogen-bond acceptors (Lipinski definition) is 6. The molecule has 4 rings (SSSR count). The number of likely N-dealkylation sites (N-methyl/N-ethyl adjacent to an activating group) is 2. The van der Waals surface area contributed by atoms with Gasteiger partial charge in [0.2, 0.25) is 11.8 Å². The highest BCUT2D eigenvalue weighted by Gasteiger charge is 2.13. The second-order valence-corrected chi connectivity index (χ2v) is 8.46. The SMILES string of the molecule is CCN(CCN(C)C)c1cnc(-c2cccc(Cn3nc(-c4cc(F)cc(F)c4)ccc3=O)c2)o1. The third-order valence-electron chi connectivity index (χ3n) is 5.54. The Morgan fingerprint density at radius 3 is 2.46 bits per heavy atom. The summed E-state index contributed by atoms with van der Waals surface area (Å²) >= 11 is 0. The molecular formula is C26H27F2N5O2. The molecule has 35 heavy (non-hydrogen) atoms. The van der Waals surface area contributed by atoms with Crippen LogP contribution >= 0.6 is 0 Å². The van der Waals surface area contributed by atoms with Crippen molar-refractivity contribution in [1.29, 1.82) is 0 Å². The summed E-state index contributed by atoms with van der Waals surface area (Å²) in [6.45, 7) is 4.74. The fourth-order valence-electron chi connectivity index (χ4n) is 3.68. The highest BCUT2D eigenvalue weighted by Crippen LogP contribution is 2.25. The van der Waals surface area contributed by atoms with Crippen LogP contribution in [-0.4, -0.2) is 53.4 Å². The van der Waals surface area contributed by atoms with Crippen molar-refractivity contribution >= 4 is 5.88 Å². The molecule has 0 bridgehead atoms. The van der Waals surface area contributed by atoms with Crippen LogP contribution in [0.1, 0.15) is 12.5 Å². The lowest BCUT2D eigenvalue weighted by Crippen LogP contribution is -2.31. The molecule has 0 aliphatic carbocycles. The van der Waals surface area contributed by atoms with E-state index in [1.165, 1.54) is 28.9 Å². The van der Waals surface area contributed by atoms with Crippen molar-refractivity contribution in [2.75, 3.05) is 38.6 Å². The van der Waals surface area contributed by atoms with E-state index in [-0.39, 0.29) is 17.7 Å². The van der Waals surface area contributed by atoms with Gasteiger partial charge in [-0.2, -0.15) is 5.10 Å². The average Bonchev–Trinajstić information content (AvgIpc) is 3.30. The second kappa shape index (κ2) is 10.6. The Kier molecular flexibility index (Phi) is 7.36. The molecular weight excluding hydrogens is 452 g/mol. The molecule has 4 aromatic rings. The van der Waals surface area contributed by atoms with E-state index in [9.17, 15) is 13.6 Å². The number of aromatic nitrogens is 3. The molecule has 7 nitrogen and oxygen atoms in total. The number of nitrogens with zero attached hydrogens (tertiary/aromatic N) is 5. The van der Waals surface area contributed by atoms with Crippen LogP contribution in [0, 0.1) is 11.6 Å². The van der Waals surface area contributed by atoms with Crippen molar-refractivity contribution in [3.63, 3.8) is 0 Å². The van der Waals surface area contributed by atoms with E-state index in [1.54, 1.807) is 6.20 Å². The van der Waals surface area contributed by atoms with Gasteiger partial charge in [-0.1, -0.05) is 12.1 Å². The zero-order valence-electron chi connectivity index (χ0n) is 19.9. The molecule has 182 valence electrons. The van der Waals surface area contributed by atoms with E-state index in [4.69, 9.17) is 4.42 Å². The lowest BCUT2D eigenvalue weighted by Gasteiger charge is -2.21. The standard InChI is InChI=1S/C26H27F2N5O2/c1-4-32(11-10-31(2)3)25-16-29-26(35-25)19-7-5-6-18(12-19)17-33-24(34)9-8-23(30-33)20-13-21(27)15-22(28)14-20/h5-9,12-16H,4,10-11,17H2,1-3H3. The smallest absolute Gasteiger partial charge is 0.267 e. The van der Waals surface area contributed by atoms with Gasteiger partial charge in [0, 0.05) is 42.9 Å². The first kappa shape index (κ1) is 24.3. The summed E-state index contributed by atoms with van der Waals surface area (Å²) in [5.74, 6) is -0.237. The highest BCUT2D eigenvalue weighted by molar-refractivity contribution is 5.58. The Labute approximate surface area is 202 Å². The quantitative estimate of drug-likeness (QED) is 0.357. The molecule has 9 heteroatoms. The van der Waals surface area contributed by atoms with Crippen molar-refractivity contribution < 1.29 is 13.2 Å².